The molecule has 2 aromatic rings. The van der Waals surface area contributed by atoms with Crippen LogP contribution in [0.3, 0.4) is 0 Å². The van der Waals surface area contributed by atoms with E-state index in [0.717, 1.165) is 11.3 Å². The number of amides is 1. The van der Waals surface area contributed by atoms with Gasteiger partial charge in [0.2, 0.25) is 0 Å². The average Bonchev–Trinajstić information content (AvgIpc) is 3.04. The van der Waals surface area contributed by atoms with E-state index in [1.54, 1.807) is 13.8 Å². The van der Waals surface area contributed by atoms with Crippen molar-refractivity contribution in [2.75, 3.05) is 20.8 Å². The topological polar surface area (TPSA) is 103 Å². The van der Waals surface area contributed by atoms with Crippen LogP contribution in [0.1, 0.15) is 25.8 Å². The van der Waals surface area contributed by atoms with E-state index in [-0.39, 0.29) is 44.4 Å². The highest BCUT2D eigenvalue weighted by Gasteiger charge is 2.17. The summed E-state index contributed by atoms with van der Waals surface area (Å²) in [5, 5.41) is 12.3. The molecule has 0 radical (unpaired) electrons. The van der Waals surface area contributed by atoms with Gasteiger partial charge in [0, 0.05) is 26.3 Å². The summed E-state index contributed by atoms with van der Waals surface area (Å²) in [7, 11) is 2.85. The fourth-order valence-electron chi connectivity index (χ4n) is 2.92. The molecule has 0 aliphatic rings. The van der Waals surface area contributed by atoms with Crippen LogP contribution >= 0.6 is 11.3 Å². The number of benzene rings is 1. The summed E-state index contributed by atoms with van der Waals surface area (Å²) in [5.41, 5.74) is -0.0586. The lowest BCUT2D eigenvalue weighted by molar-refractivity contribution is -0.116. The first-order valence-corrected chi connectivity index (χ1v) is 10.8. The van der Waals surface area contributed by atoms with E-state index >= 15 is 0 Å². The third kappa shape index (κ3) is 6.87. The van der Waals surface area contributed by atoms with Crippen LogP contribution < -0.4 is 29.5 Å². The van der Waals surface area contributed by atoms with E-state index in [0.29, 0.717) is 18.6 Å². The van der Waals surface area contributed by atoms with Crippen molar-refractivity contribution >= 4 is 28.9 Å². The van der Waals surface area contributed by atoms with Gasteiger partial charge in [0.05, 0.1) is 11.6 Å². The lowest BCUT2D eigenvalue weighted by atomic mass is 10.2. The maximum Gasteiger partial charge on any atom is 0.387 e. The summed E-state index contributed by atoms with van der Waals surface area (Å²) < 4.78 is 41.6. The maximum atomic E-state index is 13.1. The molecule has 1 aromatic carbocycles. The van der Waals surface area contributed by atoms with E-state index in [9.17, 15) is 23.6 Å². The van der Waals surface area contributed by atoms with Crippen LogP contribution in [0.15, 0.2) is 23.0 Å². The Balaban J connectivity index is 2.68. The van der Waals surface area contributed by atoms with Crippen LogP contribution in [0, 0.1) is 11.3 Å². The van der Waals surface area contributed by atoms with Crippen molar-refractivity contribution in [3.8, 4) is 17.6 Å². The van der Waals surface area contributed by atoms with Crippen molar-refractivity contribution in [2.45, 2.75) is 39.5 Å². The van der Waals surface area contributed by atoms with Crippen molar-refractivity contribution in [1.29, 1.82) is 5.26 Å². The molecule has 0 bridgehead atoms. The number of carbonyl (C=O) groups is 1. The first-order chi connectivity index (χ1) is 15.7. The average molecular weight is 482 g/mol. The first kappa shape index (κ1) is 26.0. The lowest BCUT2D eigenvalue weighted by Gasteiger charge is -2.09. The van der Waals surface area contributed by atoms with Crippen LogP contribution in [0.2, 0.25) is 0 Å². The molecular weight excluding hydrogens is 456 g/mol. The van der Waals surface area contributed by atoms with Crippen molar-refractivity contribution < 1.29 is 27.8 Å². The number of hydrogen-bond donors (Lipinski definition) is 1. The van der Waals surface area contributed by atoms with Crippen LogP contribution in [0.5, 0.6) is 11.5 Å². The van der Waals surface area contributed by atoms with Crippen molar-refractivity contribution in [2.24, 2.45) is 0 Å². The summed E-state index contributed by atoms with van der Waals surface area (Å²) >= 11 is 0.997. The predicted molar refractivity (Wildman–Crippen MR) is 120 cm³/mol. The molecule has 8 nitrogen and oxygen atoms in total. The molecule has 0 atom stereocenters. The van der Waals surface area contributed by atoms with E-state index < -0.39 is 12.5 Å². The minimum atomic E-state index is -3.01. The quantitative estimate of drug-likeness (QED) is 0.517. The van der Waals surface area contributed by atoms with Gasteiger partial charge in [-0.15, -0.1) is 11.3 Å². The lowest BCUT2D eigenvalue weighted by Crippen LogP contribution is -2.37. The third-order valence-electron chi connectivity index (χ3n) is 4.31. The van der Waals surface area contributed by atoms with Crippen LogP contribution in [0.4, 0.5) is 8.78 Å². The van der Waals surface area contributed by atoms with Crippen LogP contribution in [-0.4, -0.2) is 44.0 Å². The van der Waals surface area contributed by atoms with Gasteiger partial charge in [-0.25, -0.2) is 0 Å². The third-order valence-corrected chi connectivity index (χ3v) is 5.44. The second-order valence-corrected chi connectivity index (χ2v) is 8.15. The zero-order valence-electron chi connectivity index (χ0n) is 18.7. The number of rotatable bonds is 10. The van der Waals surface area contributed by atoms with Gasteiger partial charge in [0.25, 0.3) is 11.5 Å². The van der Waals surface area contributed by atoms with Crippen LogP contribution in [0.25, 0.3) is 11.6 Å². The molecule has 2 rings (SSSR count). The number of thiazole rings is 1. The van der Waals surface area contributed by atoms with E-state index in [1.807, 2.05) is 6.07 Å². The smallest absolute Gasteiger partial charge is 0.387 e. The molecular formula is C22H25F2N3O5S. The number of hydrogen-bond acceptors (Lipinski definition) is 7. The summed E-state index contributed by atoms with van der Waals surface area (Å²) in [6, 6.07) is 5.97. The number of nitriles is 1. The van der Waals surface area contributed by atoms with Crippen molar-refractivity contribution in [3.05, 3.63) is 43.3 Å². The Morgan fingerprint density at radius 1 is 1.30 bits per heavy atom. The number of ether oxygens (including phenoxy) is 3. The standard InChI is InChI=1S/C22H25F2N3O5S/c1-13(2)26-19(28)15(12-25)21-27(8-5-9-30-3)20(29)18(33-21)11-14-6-7-16(32-22(23)24)17(10-14)31-4/h6-7,10-11,13,22H,5,8-9H2,1-4H3,(H,26,28)/b18-11-,21-15+. The zero-order valence-corrected chi connectivity index (χ0v) is 19.5. The van der Waals surface area contributed by atoms with Gasteiger partial charge in [-0.1, -0.05) is 6.07 Å². The second-order valence-electron chi connectivity index (χ2n) is 7.12. The second kappa shape index (κ2) is 12.1. The molecule has 0 saturated carbocycles. The predicted octanol–water partition coefficient (Wildman–Crippen LogP) is 1.58. The van der Waals surface area contributed by atoms with E-state index in [1.165, 1.54) is 43.1 Å². The first-order valence-electron chi connectivity index (χ1n) is 10.00. The molecule has 0 fully saturated rings. The summed E-state index contributed by atoms with van der Waals surface area (Å²) in [6.07, 6.45) is 2.03. The van der Waals surface area contributed by atoms with Gasteiger partial charge < -0.3 is 19.5 Å². The molecule has 0 saturated heterocycles. The molecule has 1 heterocycles. The summed E-state index contributed by atoms with van der Waals surface area (Å²) in [5.74, 6) is -0.642. The SMILES string of the molecule is COCCCn1c(=O)/c(=C/c2ccc(OC(F)F)c(OC)c2)s/c1=C(\C#N)C(=O)NC(C)C. The van der Waals surface area contributed by atoms with Gasteiger partial charge in [-0.3, -0.25) is 14.2 Å². The molecule has 178 valence electrons. The van der Waals surface area contributed by atoms with Crippen molar-refractivity contribution in [3.63, 3.8) is 0 Å². The molecule has 0 unspecified atom stereocenters. The van der Waals surface area contributed by atoms with Gasteiger partial charge >= 0.3 is 6.61 Å². The molecule has 0 spiro atoms. The minimum absolute atomic E-state index is 0.0711. The number of alkyl halides is 2. The highest BCUT2D eigenvalue weighted by molar-refractivity contribution is 7.07. The monoisotopic (exact) mass is 481 g/mol. The molecule has 33 heavy (non-hydrogen) atoms. The highest BCUT2D eigenvalue weighted by atomic mass is 32.1. The Morgan fingerprint density at radius 2 is 2.03 bits per heavy atom. The Morgan fingerprint density at radius 3 is 2.61 bits per heavy atom. The van der Waals surface area contributed by atoms with E-state index in [4.69, 9.17) is 9.47 Å². The molecule has 0 aliphatic carbocycles. The fraction of sp³-hybridized carbons (Fsp3) is 0.409. The zero-order chi connectivity index (χ0) is 24.5. The maximum absolute atomic E-state index is 13.1. The van der Waals surface area contributed by atoms with E-state index in [2.05, 4.69) is 10.1 Å². The van der Waals surface area contributed by atoms with Crippen molar-refractivity contribution in [1.82, 2.24) is 9.88 Å². The minimum Gasteiger partial charge on any atom is -0.493 e. The Kier molecular flexibility index (Phi) is 9.57. The number of aromatic nitrogens is 1. The Labute approximate surface area is 193 Å². The fourth-order valence-corrected chi connectivity index (χ4v) is 4.05. The number of nitrogens with zero attached hydrogens (tertiary/aromatic N) is 2. The molecule has 1 aromatic heterocycles. The normalized spacial score (nSPS) is 12.6. The molecule has 0 aliphatic heterocycles. The summed E-state index contributed by atoms with van der Waals surface area (Å²) in [4.78, 5) is 25.7. The summed E-state index contributed by atoms with van der Waals surface area (Å²) in [6.45, 7) is 1.16. The molecule has 1 N–H and O–H groups in total. The molecule has 1 amide bonds. The van der Waals surface area contributed by atoms with Gasteiger partial charge in [-0.05, 0) is 44.0 Å². The highest BCUT2D eigenvalue weighted by Crippen LogP contribution is 2.29. The largest absolute Gasteiger partial charge is 0.493 e. The van der Waals surface area contributed by atoms with Crippen LogP contribution in [-0.2, 0) is 16.1 Å². The molecule has 11 heteroatoms. The van der Waals surface area contributed by atoms with Gasteiger partial charge in [0.15, 0.2) is 17.1 Å². The van der Waals surface area contributed by atoms with Gasteiger partial charge in [-0.2, -0.15) is 14.0 Å². The Hall–Kier alpha value is -3.23. The Bertz CT molecular complexity index is 1200. The number of carbonyl (C=O) groups excluding carboxylic acids is 1. The number of halogens is 2. The van der Waals surface area contributed by atoms with Gasteiger partial charge in [0.1, 0.15) is 10.7 Å². The number of methoxy groups -OCH3 is 2. The number of nitrogens with one attached hydrogen (secondary N) is 1.